The Balaban J connectivity index is 2.32. The summed E-state index contributed by atoms with van der Waals surface area (Å²) in [6.07, 6.45) is 1.16. The third-order valence-corrected chi connectivity index (χ3v) is 5.83. The van der Waals surface area contributed by atoms with E-state index in [9.17, 15) is 17.4 Å². The normalized spacial score (nSPS) is 20.2. The number of alkyl halides is 3. The molecule has 112 valence electrons. The number of hydrogen-bond donors (Lipinski definition) is 0. The molecule has 7 heteroatoms. The molecular weight excluding hydrogens is 289 g/mol. The highest BCUT2D eigenvalue weighted by molar-refractivity contribution is 7.93. The maximum absolute atomic E-state index is 12.5. The predicted molar refractivity (Wildman–Crippen MR) is 71.7 cm³/mol. The number of rotatable bonds is 4. The lowest BCUT2D eigenvalue weighted by atomic mass is 10.1. The van der Waals surface area contributed by atoms with Gasteiger partial charge in [0.1, 0.15) is 5.69 Å². The van der Waals surface area contributed by atoms with E-state index >= 15 is 0 Å². The van der Waals surface area contributed by atoms with E-state index in [4.69, 9.17) is 0 Å². The molecule has 1 aromatic heterocycles. The van der Waals surface area contributed by atoms with Crippen LogP contribution in [-0.2, 0) is 15.9 Å². The van der Waals surface area contributed by atoms with Crippen LogP contribution in [0.3, 0.4) is 0 Å². The van der Waals surface area contributed by atoms with Crippen LogP contribution in [0.2, 0.25) is 0 Å². The summed E-state index contributed by atoms with van der Waals surface area (Å²) in [4.78, 5) is 3.45. The molecule has 1 fully saturated rings. The molecule has 0 bridgehead atoms. The number of halogens is 3. The van der Waals surface area contributed by atoms with Crippen molar-refractivity contribution in [2.75, 3.05) is 13.3 Å². The minimum atomic E-state index is -4.45. The lowest BCUT2D eigenvalue weighted by molar-refractivity contribution is -0.141. The van der Waals surface area contributed by atoms with Crippen molar-refractivity contribution in [1.82, 2.24) is 4.98 Å². The SMILES string of the molecule is CN=S(C)(=O)C(CC1CC1)c1ccc(C(F)(F)F)nc1. The van der Waals surface area contributed by atoms with Crippen molar-refractivity contribution in [1.29, 1.82) is 0 Å². The summed E-state index contributed by atoms with van der Waals surface area (Å²) in [7, 11) is -0.977. The summed E-state index contributed by atoms with van der Waals surface area (Å²) in [5.74, 6) is 0.504. The summed E-state index contributed by atoms with van der Waals surface area (Å²) in [6.45, 7) is 0. The molecule has 1 heterocycles. The third kappa shape index (κ3) is 3.50. The van der Waals surface area contributed by atoms with E-state index < -0.39 is 21.6 Å². The Hall–Kier alpha value is -1.11. The molecule has 2 atom stereocenters. The van der Waals surface area contributed by atoms with Crippen LogP contribution in [0.4, 0.5) is 13.2 Å². The molecule has 20 heavy (non-hydrogen) atoms. The van der Waals surface area contributed by atoms with Gasteiger partial charge >= 0.3 is 6.18 Å². The molecule has 0 radical (unpaired) electrons. The fraction of sp³-hybridized carbons (Fsp3) is 0.615. The Kier molecular flexibility index (Phi) is 4.09. The zero-order valence-electron chi connectivity index (χ0n) is 11.4. The van der Waals surface area contributed by atoms with E-state index in [2.05, 4.69) is 9.35 Å². The molecular formula is C13H17F3N2OS. The second-order valence-electron chi connectivity index (χ2n) is 5.19. The molecule has 0 aromatic carbocycles. The second-order valence-corrected chi connectivity index (χ2v) is 7.84. The van der Waals surface area contributed by atoms with Crippen molar-refractivity contribution in [2.24, 2.45) is 10.3 Å². The fourth-order valence-corrected chi connectivity index (χ4v) is 3.64. The lowest BCUT2D eigenvalue weighted by Crippen LogP contribution is -2.14. The molecule has 0 aliphatic heterocycles. The standard InChI is InChI=1S/C13H17F3N2OS/c1-17-20(2,19)11(7-9-3-4-9)10-5-6-12(18-8-10)13(14,15)16/h5-6,8-9,11H,3-4,7H2,1-2H3. The van der Waals surface area contributed by atoms with Crippen molar-refractivity contribution in [3.8, 4) is 0 Å². The van der Waals surface area contributed by atoms with E-state index in [0.29, 0.717) is 17.9 Å². The van der Waals surface area contributed by atoms with Gasteiger partial charge in [0.25, 0.3) is 0 Å². The van der Waals surface area contributed by atoms with Gasteiger partial charge in [-0.15, -0.1) is 0 Å². The Labute approximate surface area is 116 Å². The van der Waals surface area contributed by atoms with Crippen molar-refractivity contribution in [3.63, 3.8) is 0 Å². The predicted octanol–water partition coefficient (Wildman–Crippen LogP) is 3.67. The largest absolute Gasteiger partial charge is 0.433 e. The van der Waals surface area contributed by atoms with Gasteiger partial charge in [-0.05, 0) is 24.0 Å². The topological polar surface area (TPSA) is 42.3 Å². The van der Waals surface area contributed by atoms with E-state index in [1.165, 1.54) is 19.3 Å². The van der Waals surface area contributed by atoms with Gasteiger partial charge in [0.15, 0.2) is 0 Å². The maximum Gasteiger partial charge on any atom is 0.433 e. The molecule has 1 aromatic rings. The monoisotopic (exact) mass is 306 g/mol. The zero-order chi connectivity index (χ0) is 15.0. The summed E-state index contributed by atoms with van der Waals surface area (Å²) in [6, 6.07) is 2.32. The minimum absolute atomic E-state index is 0.352. The molecule has 0 amide bonds. The molecule has 0 N–H and O–H groups in total. The van der Waals surface area contributed by atoms with Crippen LogP contribution in [-0.4, -0.2) is 22.5 Å². The van der Waals surface area contributed by atoms with Crippen LogP contribution in [0.25, 0.3) is 0 Å². The van der Waals surface area contributed by atoms with E-state index in [-0.39, 0.29) is 5.25 Å². The fourth-order valence-electron chi connectivity index (χ4n) is 2.11. The molecule has 0 saturated heterocycles. The number of aromatic nitrogens is 1. The van der Waals surface area contributed by atoms with Gasteiger partial charge in [-0.25, -0.2) is 8.57 Å². The zero-order valence-corrected chi connectivity index (χ0v) is 12.2. The van der Waals surface area contributed by atoms with Crippen LogP contribution >= 0.6 is 0 Å². The highest BCUT2D eigenvalue weighted by Crippen LogP contribution is 2.41. The summed E-state index contributed by atoms with van der Waals surface area (Å²) >= 11 is 0. The van der Waals surface area contributed by atoms with E-state index in [0.717, 1.165) is 18.9 Å². The average molecular weight is 306 g/mol. The van der Waals surface area contributed by atoms with Gasteiger partial charge in [-0.3, -0.25) is 4.98 Å². The van der Waals surface area contributed by atoms with Crippen molar-refractivity contribution in [3.05, 3.63) is 29.6 Å². The molecule has 1 saturated carbocycles. The third-order valence-electron chi connectivity index (χ3n) is 3.58. The number of nitrogens with zero attached hydrogens (tertiary/aromatic N) is 2. The molecule has 2 unspecified atom stereocenters. The summed E-state index contributed by atoms with van der Waals surface area (Å²) in [5, 5.41) is -0.352. The van der Waals surface area contributed by atoms with Gasteiger partial charge < -0.3 is 0 Å². The van der Waals surface area contributed by atoms with Crippen molar-refractivity contribution in [2.45, 2.75) is 30.7 Å². The quantitative estimate of drug-likeness (QED) is 0.851. The van der Waals surface area contributed by atoms with Gasteiger partial charge in [-0.2, -0.15) is 13.2 Å². The molecule has 0 spiro atoms. The van der Waals surface area contributed by atoms with Crippen LogP contribution in [0.15, 0.2) is 22.7 Å². The summed E-state index contributed by atoms with van der Waals surface area (Å²) < 4.78 is 53.9. The van der Waals surface area contributed by atoms with Gasteiger partial charge in [0.05, 0.1) is 15.0 Å². The van der Waals surface area contributed by atoms with Crippen molar-refractivity contribution < 1.29 is 17.4 Å². The molecule has 3 nitrogen and oxygen atoms in total. The van der Waals surface area contributed by atoms with Crippen LogP contribution < -0.4 is 0 Å². The van der Waals surface area contributed by atoms with Crippen LogP contribution in [0, 0.1) is 5.92 Å². The van der Waals surface area contributed by atoms with E-state index in [1.54, 1.807) is 6.26 Å². The Morgan fingerprint density at radius 2 is 2.10 bits per heavy atom. The van der Waals surface area contributed by atoms with Crippen LogP contribution in [0.1, 0.15) is 35.8 Å². The highest BCUT2D eigenvalue weighted by atomic mass is 32.2. The van der Waals surface area contributed by atoms with Gasteiger partial charge in [-0.1, -0.05) is 18.9 Å². The van der Waals surface area contributed by atoms with E-state index in [1.807, 2.05) is 0 Å². The summed E-state index contributed by atoms with van der Waals surface area (Å²) in [5.41, 5.74) is -0.356. The maximum atomic E-state index is 12.5. The Morgan fingerprint density at radius 3 is 2.50 bits per heavy atom. The first-order valence-corrected chi connectivity index (χ1v) is 8.35. The lowest BCUT2D eigenvalue weighted by Gasteiger charge is -2.19. The number of hydrogen-bond acceptors (Lipinski definition) is 3. The molecule has 2 rings (SSSR count). The Bertz CT molecular complexity index is 585. The first-order valence-electron chi connectivity index (χ1n) is 6.36. The molecule has 1 aliphatic rings. The number of pyridine rings is 1. The second kappa shape index (κ2) is 5.35. The first kappa shape index (κ1) is 15.3. The first-order chi connectivity index (χ1) is 9.24. The van der Waals surface area contributed by atoms with Crippen LogP contribution in [0.5, 0.6) is 0 Å². The molecule has 1 aliphatic carbocycles. The van der Waals surface area contributed by atoms with Gasteiger partial charge in [0, 0.05) is 19.5 Å². The minimum Gasteiger partial charge on any atom is -0.251 e. The Morgan fingerprint density at radius 1 is 1.45 bits per heavy atom. The smallest absolute Gasteiger partial charge is 0.251 e. The average Bonchev–Trinajstić information content (AvgIpc) is 3.19. The highest BCUT2D eigenvalue weighted by Gasteiger charge is 2.34. The van der Waals surface area contributed by atoms with Crippen molar-refractivity contribution >= 4 is 9.73 Å². The van der Waals surface area contributed by atoms with Gasteiger partial charge in [0.2, 0.25) is 0 Å².